The first-order chi connectivity index (χ1) is 12.9. The van der Waals surface area contributed by atoms with Gasteiger partial charge in [-0.05, 0) is 52.2 Å². The summed E-state index contributed by atoms with van der Waals surface area (Å²) in [6, 6.07) is 9.00. The zero-order chi connectivity index (χ0) is 19.6. The Balaban J connectivity index is 2.09. The van der Waals surface area contributed by atoms with Crippen LogP contribution in [0.2, 0.25) is 0 Å². The second-order valence-electron chi connectivity index (χ2n) is 6.94. The Hall–Kier alpha value is -2.28. The molecule has 6 nitrogen and oxygen atoms in total. The lowest BCUT2D eigenvalue weighted by Crippen LogP contribution is -2.38. The fourth-order valence-corrected chi connectivity index (χ4v) is 5.69. The second kappa shape index (κ2) is 7.76. The van der Waals surface area contributed by atoms with Crippen LogP contribution in [-0.2, 0) is 10.0 Å². The number of nitrogens with zero attached hydrogens (tertiary/aromatic N) is 2. The molecule has 7 heteroatoms. The molecule has 1 N–H and O–H groups in total. The van der Waals surface area contributed by atoms with E-state index in [9.17, 15) is 13.2 Å². The van der Waals surface area contributed by atoms with Gasteiger partial charge in [-0.15, -0.1) is 0 Å². The number of aromatic amines is 1. The van der Waals surface area contributed by atoms with Gasteiger partial charge >= 0.3 is 0 Å². The highest BCUT2D eigenvalue weighted by Crippen LogP contribution is 2.31. The van der Waals surface area contributed by atoms with Gasteiger partial charge in [-0.2, -0.15) is 0 Å². The smallest absolute Gasteiger partial charge is 0.266 e. The number of aromatic nitrogens is 1. The average molecular weight is 390 g/mol. The molecule has 0 bridgehead atoms. The molecule has 1 aromatic carbocycles. The normalized spacial score (nSPS) is 15.0. The van der Waals surface area contributed by atoms with E-state index in [1.807, 2.05) is 18.2 Å². The molecule has 1 amide bonds. The zero-order valence-electron chi connectivity index (χ0n) is 16.2. The molecular weight excluding hydrogens is 362 g/mol. The highest BCUT2D eigenvalue weighted by molar-refractivity contribution is 7.93. The quantitative estimate of drug-likeness (QED) is 0.851. The first kappa shape index (κ1) is 19.5. The summed E-state index contributed by atoms with van der Waals surface area (Å²) in [7, 11) is -3.87. The molecule has 1 aliphatic rings. The van der Waals surface area contributed by atoms with Gasteiger partial charge in [-0.25, -0.2) is 8.42 Å². The molecule has 146 valence electrons. The third-order valence-corrected chi connectivity index (χ3v) is 7.13. The van der Waals surface area contributed by atoms with Crippen LogP contribution in [0, 0.1) is 13.8 Å². The number of aryl methyl sites for hydroxylation is 2. The van der Waals surface area contributed by atoms with Crippen molar-refractivity contribution in [1.29, 1.82) is 0 Å². The summed E-state index contributed by atoms with van der Waals surface area (Å²) < 4.78 is 28.4. The number of hydrogen-bond acceptors (Lipinski definition) is 3. The topological polar surface area (TPSA) is 73.5 Å². The Kier molecular flexibility index (Phi) is 5.60. The minimum absolute atomic E-state index is 0.0984. The summed E-state index contributed by atoms with van der Waals surface area (Å²) in [5.41, 5.74) is 1.98. The van der Waals surface area contributed by atoms with Gasteiger partial charge in [-0.3, -0.25) is 9.10 Å². The molecule has 0 radical (unpaired) electrons. The Morgan fingerprint density at radius 3 is 2.30 bits per heavy atom. The molecule has 0 atom stereocenters. The molecule has 3 rings (SSSR count). The highest BCUT2D eigenvalue weighted by Gasteiger charge is 2.35. The van der Waals surface area contributed by atoms with Gasteiger partial charge in [0.2, 0.25) is 0 Å². The molecule has 1 saturated heterocycles. The monoisotopic (exact) mass is 389 g/mol. The maximum atomic E-state index is 13.5. The standard InChI is InChI=1S/C20H27N3O3S/c1-4-23(17-11-7-5-8-12-17)27(25,26)19-16(3)21-15(2)18(19)20(24)22-13-9-6-10-14-22/h5,7-8,11-12,21H,4,6,9-10,13-14H2,1-3H3. The summed E-state index contributed by atoms with van der Waals surface area (Å²) in [6.07, 6.45) is 3.03. The van der Waals surface area contributed by atoms with Crippen molar-refractivity contribution >= 4 is 21.6 Å². The Morgan fingerprint density at radius 2 is 1.70 bits per heavy atom. The predicted molar refractivity (Wildman–Crippen MR) is 107 cm³/mol. The van der Waals surface area contributed by atoms with Gasteiger partial charge in [0.05, 0.1) is 11.3 Å². The van der Waals surface area contributed by atoms with Crippen LogP contribution in [0.5, 0.6) is 0 Å². The van der Waals surface area contributed by atoms with E-state index < -0.39 is 10.0 Å². The summed E-state index contributed by atoms with van der Waals surface area (Å²) in [4.78, 5) is 18.1. The molecule has 2 aromatic rings. The van der Waals surface area contributed by atoms with E-state index in [-0.39, 0.29) is 22.9 Å². The first-order valence-corrected chi connectivity index (χ1v) is 10.9. The molecular formula is C20H27N3O3S. The van der Waals surface area contributed by atoms with E-state index in [0.717, 1.165) is 19.3 Å². The first-order valence-electron chi connectivity index (χ1n) is 9.44. The number of piperidine rings is 1. The number of likely N-dealkylation sites (tertiary alicyclic amines) is 1. The Bertz CT molecular complexity index is 913. The molecule has 0 saturated carbocycles. The second-order valence-corrected chi connectivity index (χ2v) is 8.74. The molecule has 2 heterocycles. The van der Waals surface area contributed by atoms with Crippen LogP contribution >= 0.6 is 0 Å². The number of H-pyrrole nitrogens is 1. The molecule has 0 spiro atoms. The lowest BCUT2D eigenvalue weighted by molar-refractivity contribution is 0.0720. The van der Waals surface area contributed by atoms with E-state index in [2.05, 4.69) is 4.98 Å². The number of para-hydroxylation sites is 1. The number of rotatable bonds is 5. The third kappa shape index (κ3) is 3.60. The number of anilines is 1. The van der Waals surface area contributed by atoms with Crippen molar-refractivity contribution in [3.05, 3.63) is 47.3 Å². The third-order valence-electron chi connectivity index (χ3n) is 5.05. The van der Waals surface area contributed by atoms with E-state index in [4.69, 9.17) is 0 Å². The fourth-order valence-electron chi connectivity index (χ4n) is 3.79. The number of benzene rings is 1. The van der Waals surface area contributed by atoms with E-state index >= 15 is 0 Å². The van der Waals surface area contributed by atoms with Crippen LogP contribution in [0.4, 0.5) is 5.69 Å². The molecule has 1 fully saturated rings. The van der Waals surface area contributed by atoms with Crippen LogP contribution in [0.25, 0.3) is 0 Å². The van der Waals surface area contributed by atoms with Gasteiger partial charge in [-0.1, -0.05) is 18.2 Å². The molecule has 0 unspecified atom stereocenters. The molecule has 1 aromatic heterocycles. The van der Waals surface area contributed by atoms with Crippen molar-refractivity contribution in [2.75, 3.05) is 23.9 Å². The Labute approximate surface area is 161 Å². The molecule has 27 heavy (non-hydrogen) atoms. The molecule has 0 aliphatic carbocycles. The van der Waals surface area contributed by atoms with Crippen molar-refractivity contribution in [3.8, 4) is 0 Å². The minimum atomic E-state index is -3.87. The van der Waals surface area contributed by atoms with Crippen LogP contribution in [0.15, 0.2) is 35.2 Å². The minimum Gasteiger partial charge on any atom is -0.361 e. The number of hydrogen-bond donors (Lipinski definition) is 1. The number of carbonyl (C=O) groups is 1. The fraction of sp³-hybridized carbons (Fsp3) is 0.450. The van der Waals surface area contributed by atoms with E-state index in [0.29, 0.717) is 30.2 Å². The van der Waals surface area contributed by atoms with Gasteiger partial charge in [0.25, 0.3) is 15.9 Å². The maximum absolute atomic E-state index is 13.5. The van der Waals surface area contributed by atoms with Gasteiger partial charge in [0.1, 0.15) is 4.90 Å². The lowest BCUT2D eigenvalue weighted by Gasteiger charge is -2.28. The van der Waals surface area contributed by atoms with Crippen LogP contribution in [0.3, 0.4) is 0 Å². The number of carbonyl (C=O) groups excluding carboxylic acids is 1. The largest absolute Gasteiger partial charge is 0.361 e. The van der Waals surface area contributed by atoms with E-state index in [1.54, 1.807) is 37.8 Å². The number of nitrogens with one attached hydrogen (secondary N) is 1. The zero-order valence-corrected chi connectivity index (χ0v) is 17.0. The predicted octanol–water partition coefficient (Wildman–Crippen LogP) is 3.47. The van der Waals surface area contributed by atoms with Crippen LogP contribution in [0.1, 0.15) is 47.9 Å². The summed E-state index contributed by atoms with van der Waals surface area (Å²) >= 11 is 0. The van der Waals surface area contributed by atoms with Crippen molar-refractivity contribution in [2.24, 2.45) is 0 Å². The summed E-state index contributed by atoms with van der Waals surface area (Å²) in [5, 5.41) is 0. The van der Waals surface area contributed by atoms with Crippen molar-refractivity contribution in [1.82, 2.24) is 9.88 Å². The summed E-state index contributed by atoms with van der Waals surface area (Å²) in [5.74, 6) is -0.195. The van der Waals surface area contributed by atoms with Crippen LogP contribution in [-0.4, -0.2) is 43.8 Å². The van der Waals surface area contributed by atoms with Crippen molar-refractivity contribution in [2.45, 2.75) is 44.9 Å². The average Bonchev–Trinajstić information content (AvgIpc) is 2.97. The lowest BCUT2D eigenvalue weighted by atomic mass is 10.1. The number of sulfonamides is 1. The van der Waals surface area contributed by atoms with Gasteiger partial charge in [0, 0.05) is 31.0 Å². The van der Waals surface area contributed by atoms with Gasteiger partial charge in [0.15, 0.2) is 0 Å². The highest BCUT2D eigenvalue weighted by atomic mass is 32.2. The van der Waals surface area contributed by atoms with Gasteiger partial charge < -0.3 is 9.88 Å². The SMILES string of the molecule is CCN(c1ccccc1)S(=O)(=O)c1c(C)[nH]c(C)c1C(=O)N1CCCCC1. The Morgan fingerprint density at radius 1 is 1.07 bits per heavy atom. The van der Waals surface area contributed by atoms with Crippen molar-refractivity contribution in [3.63, 3.8) is 0 Å². The number of amides is 1. The summed E-state index contributed by atoms with van der Waals surface area (Å²) in [6.45, 7) is 6.92. The van der Waals surface area contributed by atoms with E-state index in [1.165, 1.54) is 4.31 Å². The van der Waals surface area contributed by atoms with Crippen LogP contribution < -0.4 is 4.31 Å². The van der Waals surface area contributed by atoms with Crippen molar-refractivity contribution < 1.29 is 13.2 Å². The maximum Gasteiger partial charge on any atom is 0.266 e. The molecule has 1 aliphatic heterocycles.